The summed E-state index contributed by atoms with van der Waals surface area (Å²) in [7, 11) is 0. The largest absolute Gasteiger partial charge is 0.409 e. The third kappa shape index (κ3) is 3.33. The number of hydrogen-bond donors (Lipinski definition) is 3. The Labute approximate surface area is 120 Å². The predicted octanol–water partition coefficient (Wildman–Crippen LogP) is 1.88. The lowest BCUT2D eigenvalue weighted by molar-refractivity contribution is 0.102. The molecule has 0 unspecified atom stereocenters. The minimum atomic E-state index is -0.650. The normalized spacial score (nSPS) is 11.2. The summed E-state index contributed by atoms with van der Waals surface area (Å²) < 4.78 is 13.5. The van der Waals surface area contributed by atoms with E-state index in [1.165, 1.54) is 18.3 Å². The number of carbonyl (C=O) groups excluding carboxylic acids is 1. The van der Waals surface area contributed by atoms with Gasteiger partial charge in [-0.3, -0.25) is 9.78 Å². The zero-order valence-corrected chi connectivity index (χ0v) is 11.2. The van der Waals surface area contributed by atoms with Gasteiger partial charge in [0.25, 0.3) is 5.91 Å². The number of aromatic nitrogens is 1. The quantitative estimate of drug-likeness (QED) is 0.347. The fraction of sp³-hybridized carbons (Fsp3) is 0.0714. The standard InChI is InChI=1S/C14H13FN4O2/c1-8-6-9(4-5-17-8)14(20)18-10-2-3-12(15)11(7-10)13(16)19-21/h2-7,21H,1H3,(H2,16,19)(H,18,20). The molecule has 1 heterocycles. The van der Waals surface area contributed by atoms with E-state index < -0.39 is 5.82 Å². The highest BCUT2D eigenvalue weighted by molar-refractivity contribution is 6.05. The molecule has 7 heteroatoms. The lowest BCUT2D eigenvalue weighted by atomic mass is 10.1. The van der Waals surface area contributed by atoms with Crippen molar-refractivity contribution in [2.75, 3.05) is 5.32 Å². The van der Waals surface area contributed by atoms with Crippen LogP contribution in [0.5, 0.6) is 0 Å². The molecule has 0 saturated carbocycles. The summed E-state index contributed by atoms with van der Waals surface area (Å²) in [6.07, 6.45) is 1.52. The van der Waals surface area contributed by atoms with Crippen LogP contribution in [-0.4, -0.2) is 21.9 Å². The Kier molecular flexibility index (Phi) is 4.13. The van der Waals surface area contributed by atoms with Crippen molar-refractivity contribution >= 4 is 17.4 Å². The molecule has 108 valence electrons. The molecule has 4 N–H and O–H groups in total. The van der Waals surface area contributed by atoms with Crippen LogP contribution >= 0.6 is 0 Å². The van der Waals surface area contributed by atoms with Gasteiger partial charge in [0.1, 0.15) is 5.82 Å². The predicted molar refractivity (Wildman–Crippen MR) is 75.8 cm³/mol. The van der Waals surface area contributed by atoms with Gasteiger partial charge in [-0.25, -0.2) is 4.39 Å². The van der Waals surface area contributed by atoms with Crippen molar-refractivity contribution in [2.45, 2.75) is 6.92 Å². The molecule has 1 aromatic carbocycles. The number of amides is 1. The molecule has 0 saturated heterocycles. The van der Waals surface area contributed by atoms with Gasteiger partial charge in [-0.05, 0) is 37.3 Å². The van der Waals surface area contributed by atoms with Gasteiger partial charge in [0.2, 0.25) is 0 Å². The van der Waals surface area contributed by atoms with Crippen LogP contribution in [-0.2, 0) is 0 Å². The topological polar surface area (TPSA) is 101 Å². The highest BCUT2D eigenvalue weighted by Gasteiger charge is 2.11. The minimum Gasteiger partial charge on any atom is -0.409 e. The monoisotopic (exact) mass is 288 g/mol. The van der Waals surface area contributed by atoms with Crippen molar-refractivity contribution in [2.24, 2.45) is 10.9 Å². The third-order valence-electron chi connectivity index (χ3n) is 2.77. The number of amidine groups is 1. The number of carbonyl (C=O) groups is 1. The van der Waals surface area contributed by atoms with Crippen LogP contribution in [0, 0.1) is 12.7 Å². The Bertz CT molecular complexity index is 716. The maximum absolute atomic E-state index is 13.5. The van der Waals surface area contributed by atoms with Gasteiger partial charge in [0.15, 0.2) is 5.84 Å². The highest BCUT2D eigenvalue weighted by Crippen LogP contribution is 2.16. The molecular weight excluding hydrogens is 275 g/mol. The number of pyridine rings is 1. The number of hydrogen-bond acceptors (Lipinski definition) is 4. The van der Waals surface area contributed by atoms with Crippen LogP contribution in [0.4, 0.5) is 10.1 Å². The number of rotatable bonds is 3. The molecule has 1 aromatic heterocycles. The Morgan fingerprint density at radius 1 is 1.38 bits per heavy atom. The number of aryl methyl sites for hydroxylation is 1. The SMILES string of the molecule is Cc1cc(C(=O)Nc2ccc(F)c(/C(N)=N/O)c2)ccn1. The van der Waals surface area contributed by atoms with E-state index >= 15 is 0 Å². The highest BCUT2D eigenvalue weighted by atomic mass is 19.1. The van der Waals surface area contributed by atoms with Gasteiger partial charge in [-0.2, -0.15) is 0 Å². The van der Waals surface area contributed by atoms with E-state index in [0.29, 0.717) is 16.9 Å². The molecule has 1 amide bonds. The Balaban J connectivity index is 2.26. The summed E-state index contributed by atoms with van der Waals surface area (Å²) >= 11 is 0. The average molecular weight is 288 g/mol. The molecule has 2 rings (SSSR count). The van der Waals surface area contributed by atoms with Gasteiger partial charge in [-0.15, -0.1) is 0 Å². The molecule has 0 spiro atoms. The van der Waals surface area contributed by atoms with E-state index in [9.17, 15) is 9.18 Å². The first-order chi connectivity index (χ1) is 10.0. The molecule has 21 heavy (non-hydrogen) atoms. The maximum atomic E-state index is 13.5. The van der Waals surface area contributed by atoms with Gasteiger partial charge < -0.3 is 16.3 Å². The second-order valence-corrected chi connectivity index (χ2v) is 4.32. The molecule has 0 aliphatic rings. The van der Waals surface area contributed by atoms with E-state index in [1.54, 1.807) is 19.1 Å². The summed E-state index contributed by atoms with van der Waals surface area (Å²) in [4.78, 5) is 16.1. The summed E-state index contributed by atoms with van der Waals surface area (Å²) in [6, 6.07) is 6.99. The molecule has 0 radical (unpaired) electrons. The van der Waals surface area contributed by atoms with Crippen molar-refractivity contribution in [3.63, 3.8) is 0 Å². The van der Waals surface area contributed by atoms with Gasteiger partial charge in [-0.1, -0.05) is 5.16 Å². The second-order valence-electron chi connectivity index (χ2n) is 4.32. The fourth-order valence-electron chi connectivity index (χ4n) is 1.74. The molecule has 2 aromatic rings. The summed E-state index contributed by atoms with van der Waals surface area (Å²) in [5, 5.41) is 13.9. The molecule has 0 aliphatic carbocycles. The van der Waals surface area contributed by atoms with Crippen molar-refractivity contribution in [1.82, 2.24) is 4.98 Å². The first-order valence-electron chi connectivity index (χ1n) is 6.02. The lowest BCUT2D eigenvalue weighted by Crippen LogP contribution is -2.17. The minimum absolute atomic E-state index is 0.0961. The van der Waals surface area contributed by atoms with Crippen molar-refractivity contribution in [3.05, 3.63) is 59.2 Å². The lowest BCUT2D eigenvalue weighted by Gasteiger charge is -2.08. The van der Waals surface area contributed by atoms with E-state index in [1.807, 2.05) is 0 Å². The Hall–Kier alpha value is -2.96. The van der Waals surface area contributed by atoms with E-state index in [4.69, 9.17) is 10.9 Å². The number of oxime groups is 1. The third-order valence-corrected chi connectivity index (χ3v) is 2.77. The van der Waals surface area contributed by atoms with Crippen molar-refractivity contribution < 1.29 is 14.4 Å². The van der Waals surface area contributed by atoms with Gasteiger partial charge in [0.05, 0.1) is 5.56 Å². The van der Waals surface area contributed by atoms with Crippen LogP contribution in [0.3, 0.4) is 0 Å². The van der Waals surface area contributed by atoms with Crippen molar-refractivity contribution in [1.29, 1.82) is 0 Å². The first-order valence-corrected chi connectivity index (χ1v) is 6.02. The van der Waals surface area contributed by atoms with Gasteiger partial charge in [0, 0.05) is 23.1 Å². The molecule has 0 bridgehead atoms. The van der Waals surface area contributed by atoms with E-state index in [2.05, 4.69) is 15.5 Å². The molecular formula is C14H13FN4O2. The summed E-state index contributed by atoms with van der Waals surface area (Å²) in [6.45, 7) is 1.77. The zero-order chi connectivity index (χ0) is 15.4. The van der Waals surface area contributed by atoms with E-state index in [-0.39, 0.29) is 17.3 Å². The number of nitrogens with two attached hydrogens (primary N) is 1. The summed E-state index contributed by atoms with van der Waals surface area (Å²) in [5.41, 5.74) is 6.74. The number of halogens is 1. The fourth-order valence-corrected chi connectivity index (χ4v) is 1.74. The smallest absolute Gasteiger partial charge is 0.255 e. The van der Waals surface area contributed by atoms with Crippen molar-refractivity contribution in [3.8, 4) is 0 Å². The van der Waals surface area contributed by atoms with Gasteiger partial charge >= 0.3 is 0 Å². The number of anilines is 1. The van der Waals surface area contributed by atoms with Crippen LogP contribution in [0.15, 0.2) is 41.7 Å². The molecule has 0 fully saturated rings. The van der Waals surface area contributed by atoms with Crippen LogP contribution in [0.1, 0.15) is 21.6 Å². The molecule has 0 aliphatic heterocycles. The Morgan fingerprint density at radius 3 is 2.81 bits per heavy atom. The second kappa shape index (κ2) is 6.00. The van der Waals surface area contributed by atoms with Crippen LogP contribution in [0.2, 0.25) is 0 Å². The number of nitrogens with zero attached hydrogens (tertiary/aromatic N) is 2. The van der Waals surface area contributed by atoms with E-state index in [0.717, 1.165) is 6.07 Å². The van der Waals surface area contributed by atoms with Crippen LogP contribution < -0.4 is 11.1 Å². The zero-order valence-electron chi connectivity index (χ0n) is 11.2. The first kappa shape index (κ1) is 14.4. The number of benzene rings is 1. The maximum Gasteiger partial charge on any atom is 0.255 e. The number of nitrogens with one attached hydrogen (secondary N) is 1. The average Bonchev–Trinajstić information content (AvgIpc) is 2.48. The van der Waals surface area contributed by atoms with Crippen LogP contribution in [0.25, 0.3) is 0 Å². The molecule has 0 atom stereocenters. The summed E-state index contributed by atoms with van der Waals surface area (Å²) in [5.74, 6) is -1.39. The molecule has 6 nitrogen and oxygen atoms in total. The Morgan fingerprint density at radius 2 is 2.14 bits per heavy atom.